The summed E-state index contributed by atoms with van der Waals surface area (Å²) in [5.41, 5.74) is 1.69. The molecule has 5 nitrogen and oxygen atoms in total. The van der Waals surface area contributed by atoms with E-state index in [1.54, 1.807) is 12.1 Å². The summed E-state index contributed by atoms with van der Waals surface area (Å²) in [6, 6.07) is 15.1. The molecule has 0 unspecified atom stereocenters. The number of nitriles is 1. The van der Waals surface area contributed by atoms with Crippen molar-refractivity contribution in [3.63, 3.8) is 0 Å². The number of hydrogen-bond donors (Lipinski definition) is 1. The van der Waals surface area contributed by atoms with E-state index in [2.05, 4.69) is 5.32 Å². The summed E-state index contributed by atoms with van der Waals surface area (Å²) in [4.78, 5) is 12.3. The van der Waals surface area contributed by atoms with Crippen LogP contribution >= 0.6 is 11.6 Å². The lowest BCUT2D eigenvalue weighted by molar-refractivity contribution is -0.117. The molecule has 0 aliphatic carbocycles. The molecule has 0 fully saturated rings. The number of nitrogens with zero attached hydrogens (tertiary/aromatic N) is 1. The van der Waals surface area contributed by atoms with Gasteiger partial charge in [0.1, 0.15) is 11.6 Å². The van der Waals surface area contributed by atoms with Crippen LogP contribution in [0.3, 0.4) is 0 Å². The molecule has 0 atom stereocenters. The lowest BCUT2D eigenvalue weighted by Gasteiger charge is -2.13. The van der Waals surface area contributed by atoms with E-state index in [0.29, 0.717) is 41.7 Å². The predicted molar refractivity (Wildman–Crippen MR) is 111 cm³/mol. The first-order chi connectivity index (χ1) is 13.6. The Hall–Kier alpha value is -2.97. The molecule has 6 heteroatoms. The predicted octanol–water partition coefficient (Wildman–Crippen LogP) is 4.40. The molecule has 28 heavy (non-hydrogen) atoms. The summed E-state index contributed by atoms with van der Waals surface area (Å²) >= 11 is 6.29. The van der Waals surface area contributed by atoms with Crippen molar-refractivity contribution in [3.05, 3.63) is 64.2 Å². The van der Waals surface area contributed by atoms with Crippen LogP contribution in [0.25, 0.3) is 6.08 Å². The molecule has 1 amide bonds. The van der Waals surface area contributed by atoms with E-state index in [-0.39, 0.29) is 5.57 Å². The van der Waals surface area contributed by atoms with E-state index >= 15 is 0 Å². The van der Waals surface area contributed by atoms with Gasteiger partial charge in [-0.25, -0.2) is 0 Å². The molecule has 0 aliphatic rings. The molecule has 0 bridgehead atoms. The number of ether oxygens (including phenoxy) is 2. The van der Waals surface area contributed by atoms with E-state index in [9.17, 15) is 10.1 Å². The van der Waals surface area contributed by atoms with Crippen molar-refractivity contribution in [2.75, 3.05) is 20.3 Å². The number of benzene rings is 2. The van der Waals surface area contributed by atoms with Crippen LogP contribution in [-0.2, 0) is 11.2 Å². The van der Waals surface area contributed by atoms with Crippen molar-refractivity contribution in [1.29, 1.82) is 5.26 Å². The van der Waals surface area contributed by atoms with Crippen LogP contribution in [0.2, 0.25) is 5.02 Å². The van der Waals surface area contributed by atoms with Crippen molar-refractivity contribution >= 4 is 23.6 Å². The van der Waals surface area contributed by atoms with Gasteiger partial charge in [0.15, 0.2) is 11.5 Å². The van der Waals surface area contributed by atoms with E-state index in [1.165, 1.54) is 13.2 Å². The first-order valence-electron chi connectivity index (χ1n) is 9.03. The maximum atomic E-state index is 12.3. The second kappa shape index (κ2) is 11.0. The van der Waals surface area contributed by atoms with Gasteiger partial charge in [-0.2, -0.15) is 5.26 Å². The fraction of sp³-hybridized carbons (Fsp3) is 0.273. The summed E-state index contributed by atoms with van der Waals surface area (Å²) < 4.78 is 10.9. The molecule has 2 rings (SSSR count). The van der Waals surface area contributed by atoms with Crippen LogP contribution in [0.15, 0.2) is 48.0 Å². The van der Waals surface area contributed by atoms with Gasteiger partial charge < -0.3 is 14.8 Å². The smallest absolute Gasteiger partial charge is 0.261 e. The average molecular weight is 399 g/mol. The van der Waals surface area contributed by atoms with Crippen molar-refractivity contribution in [2.45, 2.75) is 19.8 Å². The summed E-state index contributed by atoms with van der Waals surface area (Å²) in [7, 11) is 1.51. The zero-order chi connectivity index (χ0) is 20.4. The molecule has 0 heterocycles. The highest BCUT2D eigenvalue weighted by Crippen LogP contribution is 2.37. The SMILES string of the molecule is CCCOc1c(Cl)cc(/C=C(\C#N)C(=O)NCCc2ccccc2)cc1OC. The Balaban J connectivity index is 2.11. The molecule has 2 aromatic carbocycles. The standard InChI is InChI=1S/C22H23ClN2O3/c1-3-11-28-21-19(23)13-17(14-20(21)27-2)12-18(15-24)22(26)25-10-9-16-7-5-4-6-8-16/h4-8,12-14H,3,9-11H2,1-2H3,(H,25,26)/b18-12+. The number of carbonyl (C=O) groups is 1. The molecule has 0 saturated heterocycles. The van der Waals surface area contributed by atoms with Gasteiger partial charge in [0, 0.05) is 6.54 Å². The van der Waals surface area contributed by atoms with Gasteiger partial charge >= 0.3 is 0 Å². The minimum absolute atomic E-state index is 0.00610. The zero-order valence-electron chi connectivity index (χ0n) is 16.0. The molecule has 0 radical (unpaired) electrons. The van der Waals surface area contributed by atoms with Gasteiger partial charge in [-0.05, 0) is 42.2 Å². The summed E-state index contributed by atoms with van der Waals surface area (Å²) in [5.74, 6) is 0.475. The van der Waals surface area contributed by atoms with Crippen molar-refractivity contribution in [1.82, 2.24) is 5.32 Å². The number of halogens is 1. The third kappa shape index (κ3) is 6.04. The van der Waals surface area contributed by atoms with Gasteiger partial charge in [0.2, 0.25) is 0 Å². The Kier molecular flexibility index (Phi) is 8.38. The maximum Gasteiger partial charge on any atom is 0.261 e. The minimum atomic E-state index is -0.431. The Labute approximate surface area is 170 Å². The topological polar surface area (TPSA) is 71.3 Å². The summed E-state index contributed by atoms with van der Waals surface area (Å²) in [5, 5.41) is 12.5. The molecule has 146 valence electrons. The number of rotatable bonds is 9. The molecule has 2 aromatic rings. The van der Waals surface area contributed by atoms with Crippen LogP contribution in [-0.4, -0.2) is 26.2 Å². The normalized spacial score (nSPS) is 10.9. The lowest BCUT2D eigenvalue weighted by Crippen LogP contribution is -2.26. The molecule has 1 N–H and O–H groups in total. The Morgan fingerprint density at radius 1 is 1.29 bits per heavy atom. The molecule has 0 aromatic heterocycles. The highest BCUT2D eigenvalue weighted by Gasteiger charge is 2.14. The number of carbonyl (C=O) groups excluding carboxylic acids is 1. The Morgan fingerprint density at radius 2 is 2.04 bits per heavy atom. The van der Waals surface area contributed by atoms with E-state index in [4.69, 9.17) is 21.1 Å². The van der Waals surface area contributed by atoms with Gasteiger partial charge in [-0.3, -0.25) is 4.79 Å². The fourth-order valence-electron chi connectivity index (χ4n) is 2.54. The molecular weight excluding hydrogens is 376 g/mol. The molecule has 0 spiro atoms. The van der Waals surface area contributed by atoms with Crippen molar-refractivity contribution in [2.24, 2.45) is 0 Å². The highest BCUT2D eigenvalue weighted by atomic mass is 35.5. The Morgan fingerprint density at radius 3 is 2.68 bits per heavy atom. The van der Waals surface area contributed by atoms with Gasteiger partial charge in [-0.1, -0.05) is 48.9 Å². The summed E-state index contributed by atoms with van der Waals surface area (Å²) in [6.45, 7) is 2.95. The second-order valence-corrected chi connectivity index (χ2v) is 6.45. The minimum Gasteiger partial charge on any atom is -0.493 e. The molecular formula is C22H23ClN2O3. The Bertz CT molecular complexity index is 873. The second-order valence-electron chi connectivity index (χ2n) is 6.04. The van der Waals surface area contributed by atoms with Crippen LogP contribution in [0.4, 0.5) is 0 Å². The first kappa shape index (κ1) is 21.3. The van der Waals surface area contributed by atoms with Crippen molar-refractivity contribution in [3.8, 4) is 17.6 Å². The number of hydrogen-bond acceptors (Lipinski definition) is 4. The monoisotopic (exact) mass is 398 g/mol. The largest absolute Gasteiger partial charge is 0.493 e. The van der Waals surface area contributed by atoms with Crippen LogP contribution in [0.5, 0.6) is 11.5 Å². The zero-order valence-corrected chi connectivity index (χ0v) is 16.8. The van der Waals surface area contributed by atoms with E-state index in [1.807, 2.05) is 43.3 Å². The molecule has 0 saturated carbocycles. The third-order valence-corrected chi connectivity index (χ3v) is 4.20. The first-order valence-corrected chi connectivity index (χ1v) is 9.41. The third-order valence-electron chi connectivity index (χ3n) is 3.92. The van der Waals surface area contributed by atoms with Gasteiger partial charge in [0.25, 0.3) is 5.91 Å². The van der Waals surface area contributed by atoms with Gasteiger partial charge in [-0.15, -0.1) is 0 Å². The van der Waals surface area contributed by atoms with Crippen LogP contribution < -0.4 is 14.8 Å². The quantitative estimate of drug-likeness (QED) is 0.502. The highest BCUT2D eigenvalue weighted by molar-refractivity contribution is 6.32. The lowest BCUT2D eigenvalue weighted by atomic mass is 10.1. The molecule has 0 aliphatic heterocycles. The van der Waals surface area contributed by atoms with E-state index in [0.717, 1.165) is 12.0 Å². The summed E-state index contributed by atoms with van der Waals surface area (Å²) in [6.07, 6.45) is 3.01. The number of nitrogens with one attached hydrogen (secondary N) is 1. The number of methoxy groups -OCH3 is 1. The van der Waals surface area contributed by atoms with Crippen LogP contribution in [0.1, 0.15) is 24.5 Å². The van der Waals surface area contributed by atoms with E-state index < -0.39 is 5.91 Å². The fourth-order valence-corrected chi connectivity index (χ4v) is 2.82. The maximum absolute atomic E-state index is 12.3. The van der Waals surface area contributed by atoms with Crippen LogP contribution in [0, 0.1) is 11.3 Å². The van der Waals surface area contributed by atoms with Gasteiger partial charge in [0.05, 0.1) is 18.7 Å². The average Bonchev–Trinajstić information content (AvgIpc) is 2.71. The number of amides is 1. The van der Waals surface area contributed by atoms with Crippen molar-refractivity contribution < 1.29 is 14.3 Å².